The summed E-state index contributed by atoms with van der Waals surface area (Å²) >= 11 is 0. The highest BCUT2D eigenvalue weighted by Crippen LogP contribution is 2.35. The first-order valence-corrected chi connectivity index (χ1v) is 14.1. The molecule has 0 radical (unpaired) electrons. The number of methoxy groups -OCH3 is 1. The van der Waals surface area contributed by atoms with Crippen LogP contribution < -0.4 is 9.47 Å². The number of aliphatic hydroxyl groups excluding tert-OH is 10. The van der Waals surface area contributed by atoms with Gasteiger partial charge in [-0.3, -0.25) is 4.79 Å². The van der Waals surface area contributed by atoms with E-state index in [-0.39, 0.29) is 17.3 Å². The van der Waals surface area contributed by atoms with Crippen LogP contribution in [0.2, 0.25) is 0 Å². The summed E-state index contributed by atoms with van der Waals surface area (Å²) in [5.74, 6) is -0.137. The van der Waals surface area contributed by atoms with Gasteiger partial charge in [0.25, 0.3) is 0 Å². The third-order valence-electron chi connectivity index (χ3n) is 7.89. The predicted molar refractivity (Wildman–Crippen MR) is 143 cm³/mol. The Morgan fingerprint density at radius 3 is 1.60 bits per heavy atom. The molecule has 3 heterocycles. The lowest BCUT2D eigenvalue weighted by atomic mass is 9.96. The van der Waals surface area contributed by atoms with Crippen LogP contribution in [0.3, 0.4) is 0 Å². The average Bonchev–Trinajstić information content (AvgIpc) is 3.03. The summed E-state index contributed by atoms with van der Waals surface area (Å²) in [6.45, 7) is -1.05. The van der Waals surface area contributed by atoms with Crippen molar-refractivity contribution in [2.24, 2.45) is 0 Å². The molecule has 3 aliphatic rings. The van der Waals surface area contributed by atoms with Crippen LogP contribution in [0.5, 0.6) is 11.5 Å². The Hall–Kier alpha value is -2.11. The van der Waals surface area contributed by atoms with Crippen molar-refractivity contribution >= 4 is 5.78 Å². The molecule has 45 heavy (non-hydrogen) atoms. The van der Waals surface area contributed by atoms with E-state index in [2.05, 4.69) is 0 Å². The van der Waals surface area contributed by atoms with Crippen molar-refractivity contribution < 1.29 is 89.0 Å². The van der Waals surface area contributed by atoms with Crippen molar-refractivity contribution in [3.63, 3.8) is 0 Å². The van der Waals surface area contributed by atoms with Crippen molar-refractivity contribution in [2.45, 2.75) is 99.0 Å². The van der Waals surface area contributed by atoms with Crippen molar-refractivity contribution in [2.75, 3.05) is 26.9 Å². The lowest BCUT2D eigenvalue weighted by Crippen LogP contribution is -2.67. The fourth-order valence-corrected chi connectivity index (χ4v) is 5.24. The van der Waals surface area contributed by atoms with Gasteiger partial charge in [0.1, 0.15) is 73.2 Å². The maximum absolute atomic E-state index is 11.8. The van der Waals surface area contributed by atoms with Gasteiger partial charge < -0.3 is 84.2 Å². The van der Waals surface area contributed by atoms with Gasteiger partial charge in [0.05, 0.1) is 26.9 Å². The zero-order valence-corrected chi connectivity index (χ0v) is 24.3. The van der Waals surface area contributed by atoms with Crippen LogP contribution in [0.1, 0.15) is 17.3 Å². The number of ketones is 1. The van der Waals surface area contributed by atoms with E-state index in [0.717, 1.165) is 0 Å². The highest BCUT2D eigenvalue weighted by Gasteiger charge is 2.54. The fourth-order valence-electron chi connectivity index (χ4n) is 5.24. The highest BCUT2D eigenvalue weighted by atomic mass is 16.8. The van der Waals surface area contributed by atoms with Crippen LogP contribution in [0, 0.1) is 0 Å². The van der Waals surface area contributed by atoms with Crippen LogP contribution in [0.15, 0.2) is 18.2 Å². The number of benzene rings is 1. The molecule has 1 aromatic carbocycles. The minimum Gasteiger partial charge on any atom is -0.493 e. The molecule has 0 aliphatic carbocycles. The van der Waals surface area contributed by atoms with Crippen molar-refractivity contribution in [3.8, 4) is 11.5 Å². The second-order valence-electron chi connectivity index (χ2n) is 10.9. The summed E-state index contributed by atoms with van der Waals surface area (Å²) in [7, 11) is 1.31. The maximum atomic E-state index is 11.8. The Morgan fingerprint density at radius 2 is 1.11 bits per heavy atom. The first kappa shape index (κ1) is 35.7. The molecule has 3 aliphatic heterocycles. The van der Waals surface area contributed by atoms with Crippen LogP contribution in [-0.2, 0) is 23.7 Å². The monoisotopic (exact) mass is 652 g/mol. The number of carbonyl (C=O) groups excluding carboxylic acids is 1. The van der Waals surface area contributed by atoms with Gasteiger partial charge in [-0.2, -0.15) is 0 Å². The van der Waals surface area contributed by atoms with Crippen LogP contribution in [0.4, 0.5) is 0 Å². The number of carbonyl (C=O) groups is 1. The zero-order chi connectivity index (χ0) is 33.2. The summed E-state index contributed by atoms with van der Waals surface area (Å²) < 4.78 is 38.6. The minimum atomic E-state index is -1.97. The van der Waals surface area contributed by atoms with E-state index < -0.39 is 112 Å². The minimum absolute atomic E-state index is 0.0174. The van der Waals surface area contributed by atoms with E-state index in [4.69, 9.17) is 33.2 Å². The van der Waals surface area contributed by atoms with Gasteiger partial charge in [-0.05, 0) is 25.1 Å². The zero-order valence-electron chi connectivity index (χ0n) is 24.3. The molecule has 0 spiro atoms. The number of ether oxygens (including phenoxy) is 7. The quantitative estimate of drug-likeness (QED) is 0.0999. The Kier molecular flexibility index (Phi) is 12.1. The van der Waals surface area contributed by atoms with E-state index in [1.54, 1.807) is 0 Å². The van der Waals surface area contributed by atoms with Crippen molar-refractivity contribution in [1.82, 2.24) is 0 Å². The maximum Gasteiger partial charge on any atom is 0.229 e. The number of hydrogen-bond acceptors (Lipinski definition) is 18. The van der Waals surface area contributed by atoms with E-state index in [1.165, 1.54) is 32.2 Å². The Balaban J connectivity index is 1.55. The van der Waals surface area contributed by atoms with Crippen molar-refractivity contribution in [3.05, 3.63) is 23.8 Å². The smallest absolute Gasteiger partial charge is 0.229 e. The molecule has 3 saturated heterocycles. The summed E-state index contributed by atoms with van der Waals surface area (Å²) in [6, 6.07) is 4.20. The molecular weight excluding hydrogens is 612 g/mol. The Bertz CT molecular complexity index is 1120. The molecule has 18 nitrogen and oxygen atoms in total. The predicted octanol–water partition coefficient (Wildman–Crippen LogP) is -5.28. The second-order valence-corrected chi connectivity index (χ2v) is 10.9. The van der Waals surface area contributed by atoms with Gasteiger partial charge >= 0.3 is 0 Å². The van der Waals surface area contributed by atoms with Gasteiger partial charge in [0, 0.05) is 5.56 Å². The molecule has 0 saturated carbocycles. The SMILES string of the molecule is COc1cc(C(C)=O)ccc1O[C@@H]1O[C@H](CO)[C@@H](O)[C@H](O[C@@H]2O[C@H](CO)[C@@H](O)[C@H](O[C@@H]3O[C@H](CO)[C@@H](O)[C@H](O)[C@H]3O)[C@H]2O)[C@H]1O. The average molecular weight is 653 g/mol. The first-order valence-electron chi connectivity index (χ1n) is 14.1. The topological polar surface area (TPSA) is 284 Å². The van der Waals surface area contributed by atoms with Gasteiger partial charge in [-0.15, -0.1) is 0 Å². The molecule has 0 unspecified atom stereocenters. The lowest BCUT2D eigenvalue weighted by molar-refractivity contribution is -0.378. The van der Waals surface area contributed by atoms with Gasteiger partial charge in [0.2, 0.25) is 6.29 Å². The number of hydrogen-bond donors (Lipinski definition) is 10. The molecular formula is C27H40O18. The second kappa shape index (κ2) is 15.2. The molecule has 256 valence electrons. The third-order valence-corrected chi connectivity index (χ3v) is 7.89. The third kappa shape index (κ3) is 7.40. The number of aliphatic hydroxyl groups is 10. The van der Waals surface area contributed by atoms with E-state index in [0.29, 0.717) is 5.56 Å². The number of Topliss-reactive ketones (excluding diaryl/α,β-unsaturated/α-hetero) is 1. The van der Waals surface area contributed by atoms with Crippen LogP contribution >= 0.6 is 0 Å². The standard InChI is InChI=1S/C27H40O18/c1-9(31)10-3-4-11(12(5-10)39-2)40-26-21(37)23(17(33)14(7-29)42-26)45-27-22(38)24(18(34)15(8-30)43-27)44-25-20(36)19(35)16(32)13(6-28)41-25/h3-5,13-30,32-38H,6-8H2,1-2H3/t13-,14-,15-,16-,17-,18-,19+,20-,21-,22-,23+,24+,25+,26-,27+/m1/s1. The number of rotatable bonds is 11. The van der Waals surface area contributed by atoms with E-state index in [9.17, 15) is 55.9 Å². The molecule has 0 amide bonds. The summed E-state index contributed by atoms with van der Waals surface area (Å²) in [5, 5.41) is 103. The highest BCUT2D eigenvalue weighted by molar-refractivity contribution is 5.94. The summed E-state index contributed by atoms with van der Waals surface area (Å²) in [6.07, 6.45) is -25.8. The molecule has 4 rings (SSSR count). The molecule has 10 N–H and O–H groups in total. The van der Waals surface area contributed by atoms with E-state index >= 15 is 0 Å². The van der Waals surface area contributed by atoms with Crippen molar-refractivity contribution in [1.29, 1.82) is 0 Å². The summed E-state index contributed by atoms with van der Waals surface area (Å²) in [4.78, 5) is 11.8. The van der Waals surface area contributed by atoms with Crippen LogP contribution in [0.25, 0.3) is 0 Å². The molecule has 1 aromatic rings. The van der Waals surface area contributed by atoms with Gasteiger partial charge in [-0.1, -0.05) is 0 Å². The normalized spacial score (nSPS) is 42.3. The molecule has 18 heteroatoms. The molecule has 3 fully saturated rings. The molecule has 0 bridgehead atoms. The molecule has 0 aromatic heterocycles. The first-order chi connectivity index (χ1) is 21.4. The van der Waals surface area contributed by atoms with Gasteiger partial charge in [-0.25, -0.2) is 0 Å². The van der Waals surface area contributed by atoms with E-state index in [1.807, 2.05) is 0 Å². The summed E-state index contributed by atoms with van der Waals surface area (Å²) in [5.41, 5.74) is 0.304. The fraction of sp³-hybridized carbons (Fsp3) is 0.741. The molecule has 15 atom stereocenters. The largest absolute Gasteiger partial charge is 0.493 e. The Morgan fingerprint density at radius 1 is 0.644 bits per heavy atom. The van der Waals surface area contributed by atoms with Crippen LogP contribution in [-0.4, -0.2) is 176 Å². The lowest BCUT2D eigenvalue weighted by Gasteiger charge is -2.48. The van der Waals surface area contributed by atoms with Gasteiger partial charge in [0.15, 0.2) is 29.9 Å². The Labute approximate surface area is 256 Å².